The second kappa shape index (κ2) is 7.34. The van der Waals surface area contributed by atoms with Crippen molar-refractivity contribution in [1.29, 1.82) is 0 Å². The van der Waals surface area contributed by atoms with E-state index in [1.54, 1.807) is 6.92 Å². The van der Waals surface area contributed by atoms with Crippen molar-refractivity contribution >= 4 is 17.5 Å². The summed E-state index contributed by atoms with van der Waals surface area (Å²) >= 11 is 0. The summed E-state index contributed by atoms with van der Waals surface area (Å²) in [4.78, 5) is 16.3. The molecule has 0 spiro atoms. The van der Waals surface area contributed by atoms with Crippen molar-refractivity contribution in [3.05, 3.63) is 65.0 Å². The monoisotopic (exact) mass is 389 g/mol. The van der Waals surface area contributed by atoms with Crippen molar-refractivity contribution in [3.63, 3.8) is 0 Å². The summed E-state index contributed by atoms with van der Waals surface area (Å²) in [5.74, 6) is -0.469. The topological polar surface area (TPSA) is 85.8 Å². The van der Waals surface area contributed by atoms with Crippen LogP contribution < -0.4 is 11.1 Å². The van der Waals surface area contributed by atoms with Gasteiger partial charge in [-0.05, 0) is 37.1 Å². The number of rotatable bonds is 4. The zero-order valence-electron chi connectivity index (χ0n) is 15.2. The van der Waals surface area contributed by atoms with Gasteiger partial charge >= 0.3 is 6.18 Å². The molecule has 1 aromatic carbocycles. The fourth-order valence-electron chi connectivity index (χ4n) is 2.84. The molecule has 3 N–H and O–H groups in total. The highest BCUT2D eigenvalue weighted by atomic mass is 19.4. The van der Waals surface area contributed by atoms with Crippen molar-refractivity contribution in [2.75, 3.05) is 11.1 Å². The second-order valence-corrected chi connectivity index (χ2v) is 6.12. The van der Waals surface area contributed by atoms with Gasteiger partial charge in [0.1, 0.15) is 17.2 Å². The Hall–Kier alpha value is -3.36. The minimum Gasteiger partial charge on any atom is -0.383 e. The van der Waals surface area contributed by atoms with Crippen LogP contribution in [-0.2, 0) is 12.6 Å². The normalized spacial score (nSPS) is 11.5. The van der Waals surface area contributed by atoms with Crippen LogP contribution in [0, 0.1) is 6.92 Å². The highest BCUT2D eigenvalue weighted by Gasteiger charge is 2.30. The molecule has 1 amide bonds. The number of nitrogen functional groups attached to an aromatic ring is 1. The average molecular weight is 389 g/mol. The number of hydrogen-bond donors (Lipinski definition) is 2. The number of alkyl halides is 3. The molecular formula is C19H18F3N5O. The number of anilines is 2. The van der Waals surface area contributed by atoms with Gasteiger partial charge in [-0.15, -0.1) is 0 Å². The van der Waals surface area contributed by atoms with E-state index in [4.69, 9.17) is 5.73 Å². The summed E-state index contributed by atoms with van der Waals surface area (Å²) in [6.07, 6.45) is -3.08. The van der Waals surface area contributed by atoms with Crippen molar-refractivity contribution in [3.8, 4) is 5.69 Å². The van der Waals surface area contributed by atoms with E-state index >= 15 is 0 Å². The highest BCUT2D eigenvalue weighted by Crippen LogP contribution is 2.29. The maximum atomic E-state index is 12.6. The van der Waals surface area contributed by atoms with E-state index in [2.05, 4.69) is 15.4 Å². The van der Waals surface area contributed by atoms with Crippen molar-refractivity contribution in [1.82, 2.24) is 14.8 Å². The van der Waals surface area contributed by atoms with E-state index in [9.17, 15) is 18.0 Å². The first-order valence-electron chi connectivity index (χ1n) is 8.50. The quantitative estimate of drug-likeness (QED) is 0.706. The summed E-state index contributed by atoms with van der Waals surface area (Å²) in [5, 5.41) is 6.82. The van der Waals surface area contributed by atoms with Crippen LogP contribution in [0.5, 0.6) is 0 Å². The van der Waals surface area contributed by atoms with Crippen LogP contribution >= 0.6 is 0 Å². The number of aryl methyl sites for hydroxylation is 2. The number of halogens is 3. The first kappa shape index (κ1) is 19.4. The standard InChI is InChI=1S/C19H18F3N5O/c1-3-12-6-4-5-7-14(12)27-17(23)16(11(2)26-27)18(28)25-15-9-8-13(10-24-15)19(20,21)22/h4-10H,3,23H2,1-2H3,(H,24,25,28). The molecule has 0 aliphatic carbocycles. The molecule has 2 heterocycles. The zero-order chi connectivity index (χ0) is 20.5. The van der Waals surface area contributed by atoms with Gasteiger partial charge in [0, 0.05) is 6.20 Å². The maximum Gasteiger partial charge on any atom is 0.417 e. The molecule has 0 fully saturated rings. The minimum atomic E-state index is -4.50. The molecule has 9 heteroatoms. The van der Waals surface area contributed by atoms with Gasteiger partial charge in [0.15, 0.2) is 0 Å². The second-order valence-electron chi connectivity index (χ2n) is 6.12. The SMILES string of the molecule is CCc1ccccc1-n1nc(C)c(C(=O)Nc2ccc(C(F)(F)F)cn2)c1N. The lowest BCUT2D eigenvalue weighted by Crippen LogP contribution is -2.16. The Morgan fingerprint density at radius 3 is 2.54 bits per heavy atom. The molecule has 0 radical (unpaired) electrons. The number of hydrogen-bond acceptors (Lipinski definition) is 4. The lowest BCUT2D eigenvalue weighted by Gasteiger charge is -2.10. The number of pyridine rings is 1. The van der Waals surface area contributed by atoms with Gasteiger partial charge < -0.3 is 11.1 Å². The summed E-state index contributed by atoms with van der Waals surface area (Å²) in [5.41, 5.74) is 7.58. The number of nitrogens with two attached hydrogens (primary N) is 1. The van der Waals surface area contributed by atoms with Gasteiger partial charge in [0.05, 0.1) is 16.9 Å². The van der Waals surface area contributed by atoms with Crippen molar-refractivity contribution < 1.29 is 18.0 Å². The van der Waals surface area contributed by atoms with E-state index in [1.165, 1.54) is 4.68 Å². The molecule has 0 bridgehead atoms. The highest BCUT2D eigenvalue weighted by molar-refractivity contribution is 6.07. The van der Waals surface area contributed by atoms with E-state index in [0.717, 1.165) is 29.8 Å². The molecule has 146 valence electrons. The fraction of sp³-hybridized carbons (Fsp3) is 0.211. The Labute approximate surface area is 159 Å². The number of nitrogens with one attached hydrogen (secondary N) is 1. The molecule has 6 nitrogen and oxygen atoms in total. The van der Waals surface area contributed by atoms with Gasteiger partial charge in [-0.1, -0.05) is 25.1 Å². The Morgan fingerprint density at radius 1 is 1.21 bits per heavy atom. The van der Waals surface area contributed by atoms with Crippen LogP contribution in [0.4, 0.5) is 24.8 Å². The lowest BCUT2D eigenvalue weighted by atomic mass is 10.1. The predicted octanol–water partition coefficient (Wildman–Crippen LogP) is 3.99. The molecule has 0 saturated heterocycles. The summed E-state index contributed by atoms with van der Waals surface area (Å²) in [7, 11) is 0. The van der Waals surface area contributed by atoms with Crippen molar-refractivity contribution in [2.45, 2.75) is 26.4 Å². The predicted molar refractivity (Wildman–Crippen MR) is 99.3 cm³/mol. The third kappa shape index (κ3) is 3.68. The molecule has 2 aromatic heterocycles. The summed E-state index contributed by atoms with van der Waals surface area (Å²) in [6.45, 7) is 3.63. The number of amides is 1. The minimum absolute atomic E-state index is 0.0153. The van der Waals surface area contributed by atoms with Crippen LogP contribution in [0.3, 0.4) is 0 Å². The molecule has 0 aliphatic heterocycles. The molecule has 3 aromatic rings. The van der Waals surface area contributed by atoms with Gasteiger partial charge in [0.2, 0.25) is 0 Å². The van der Waals surface area contributed by atoms with Crippen LogP contribution in [0.2, 0.25) is 0 Å². The molecule has 0 unspecified atom stereocenters. The van der Waals surface area contributed by atoms with Crippen LogP contribution in [0.25, 0.3) is 5.69 Å². The number of carbonyl (C=O) groups excluding carboxylic acids is 1. The molecule has 3 rings (SSSR count). The molecule has 0 aliphatic rings. The number of benzene rings is 1. The van der Waals surface area contributed by atoms with Gasteiger partial charge in [0.25, 0.3) is 5.91 Å². The van der Waals surface area contributed by atoms with E-state index in [0.29, 0.717) is 11.9 Å². The van der Waals surface area contributed by atoms with Crippen LogP contribution in [-0.4, -0.2) is 20.7 Å². The van der Waals surface area contributed by atoms with E-state index in [1.807, 2.05) is 31.2 Å². The Kier molecular flexibility index (Phi) is 5.08. The van der Waals surface area contributed by atoms with E-state index < -0.39 is 17.6 Å². The number of para-hydroxylation sites is 1. The smallest absolute Gasteiger partial charge is 0.383 e. The molecular weight excluding hydrogens is 371 g/mol. The molecule has 28 heavy (non-hydrogen) atoms. The number of nitrogens with zero attached hydrogens (tertiary/aromatic N) is 3. The Morgan fingerprint density at radius 2 is 1.93 bits per heavy atom. The number of carbonyl (C=O) groups is 1. The largest absolute Gasteiger partial charge is 0.417 e. The molecule has 0 atom stereocenters. The Balaban J connectivity index is 1.90. The van der Waals surface area contributed by atoms with Gasteiger partial charge in [-0.25, -0.2) is 9.67 Å². The van der Waals surface area contributed by atoms with Crippen molar-refractivity contribution in [2.24, 2.45) is 0 Å². The maximum absolute atomic E-state index is 12.6. The third-order valence-electron chi connectivity index (χ3n) is 4.26. The van der Waals surface area contributed by atoms with Crippen LogP contribution in [0.15, 0.2) is 42.6 Å². The van der Waals surface area contributed by atoms with Gasteiger partial charge in [-0.3, -0.25) is 4.79 Å². The lowest BCUT2D eigenvalue weighted by molar-refractivity contribution is -0.137. The fourth-order valence-corrected chi connectivity index (χ4v) is 2.84. The third-order valence-corrected chi connectivity index (χ3v) is 4.26. The zero-order valence-corrected chi connectivity index (χ0v) is 15.2. The Bertz CT molecular complexity index is 1010. The first-order valence-corrected chi connectivity index (χ1v) is 8.50. The van der Waals surface area contributed by atoms with Gasteiger partial charge in [-0.2, -0.15) is 18.3 Å². The molecule has 0 saturated carbocycles. The average Bonchev–Trinajstić information content (AvgIpc) is 2.95. The number of aromatic nitrogens is 3. The summed E-state index contributed by atoms with van der Waals surface area (Å²) < 4.78 is 39.4. The van der Waals surface area contributed by atoms with Crippen LogP contribution in [0.1, 0.15) is 34.1 Å². The van der Waals surface area contributed by atoms with E-state index in [-0.39, 0.29) is 17.2 Å². The first-order chi connectivity index (χ1) is 13.2. The summed E-state index contributed by atoms with van der Waals surface area (Å²) in [6, 6.07) is 9.47.